The van der Waals surface area contributed by atoms with Gasteiger partial charge in [0, 0.05) is 13.2 Å². The molecule has 3 aromatic rings. The Hall–Kier alpha value is -2.23. The monoisotopic (exact) mass is 432 g/mol. The van der Waals surface area contributed by atoms with Crippen LogP contribution in [0.5, 0.6) is 0 Å². The molecule has 8 nitrogen and oxygen atoms in total. The van der Waals surface area contributed by atoms with Crippen LogP contribution in [0.3, 0.4) is 0 Å². The first-order valence-electron chi connectivity index (χ1n) is 10.4. The van der Waals surface area contributed by atoms with E-state index in [0.29, 0.717) is 31.9 Å². The zero-order valence-corrected chi connectivity index (χ0v) is 18.3. The topological polar surface area (TPSA) is 90.5 Å². The third-order valence-corrected chi connectivity index (χ3v) is 7.07. The van der Waals surface area contributed by atoms with E-state index in [0.717, 1.165) is 36.2 Å². The average molecular weight is 433 g/mol. The lowest BCUT2D eigenvalue weighted by molar-refractivity contribution is 0.0933. The summed E-state index contributed by atoms with van der Waals surface area (Å²) in [7, 11) is -1.47. The second-order valence-corrected chi connectivity index (χ2v) is 9.85. The number of oxazole rings is 1. The molecule has 3 heterocycles. The minimum atomic E-state index is -3.43. The lowest BCUT2D eigenvalue weighted by Gasteiger charge is -2.19. The van der Waals surface area contributed by atoms with Gasteiger partial charge in [-0.3, -0.25) is 4.90 Å². The van der Waals surface area contributed by atoms with Gasteiger partial charge in [0.2, 0.25) is 20.9 Å². The van der Waals surface area contributed by atoms with Gasteiger partial charge in [0.15, 0.2) is 5.58 Å². The fourth-order valence-electron chi connectivity index (χ4n) is 3.86. The van der Waals surface area contributed by atoms with Crippen LogP contribution in [-0.4, -0.2) is 53.4 Å². The molecule has 9 heteroatoms. The van der Waals surface area contributed by atoms with Crippen LogP contribution in [0.2, 0.25) is 0 Å². The maximum Gasteiger partial charge on any atom is 0.227 e. The van der Waals surface area contributed by atoms with Gasteiger partial charge in [0.1, 0.15) is 5.52 Å². The molecule has 1 aliphatic rings. The number of hydrogen-bond acceptors (Lipinski definition) is 7. The van der Waals surface area contributed by atoms with Crippen LogP contribution >= 0.6 is 0 Å². The summed E-state index contributed by atoms with van der Waals surface area (Å²) >= 11 is 0. The Bertz CT molecular complexity index is 1070. The highest BCUT2D eigenvalue weighted by molar-refractivity contribution is 7.91. The lowest BCUT2D eigenvalue weighted by atomic mass is 10.2. The summed E-state index contributed by atoms with van der Waals surface area (Å²) in [4.78, 5) is 10.9. The molecule has 0 bridgehead atoms. The molecule has 162 valence electrons. The summed E-state index contributed by atoms with van der Waals surface area (Å²) in [6.07, 6.45) is 4.19. The lowest BCUT2D eigenvalue weighted by Crippen LogP contribution is -2.25. The second kappa shape index (κ2) is 8.87. The molecule has 30 heavy (non-hydrogen) atoms. The number of imidazole rings is 1. The maximum absolute atomic E-state index is 12.8. The zero-order chi connectivity index (χ0) is 21.1. The predicted octanol–water partition coefficient (Wildman–Crippen LogP) is 3.02. The number of hydrogen-bond donors (Lipinski definition) is 0. The predicted molar refractivity (Wildman–Crippen MR) is 113 cm³/mol. The number of fused-ring (bicyclic) bond motifs is 1. The zero-order valence-electron chi connectivity index (χ0n) is 17.5. The van der Waals surface area contributed by atoms with E-state index in [-0.39, 0.29) is 17.0 Å². The molecule has 1 aliphatic heterocycles. The SMILES string of the molecule is CCCS(=O)(=O)c1ncc(CN(C)Cc2nc3ccccc3o2)n1C[C@H]1CCCO1. The number of benzene rings is 1. The molecule has 1 aromatic carbocycles. The molecular weight excluding hydrogens is 404 g/mol. The molecule has 0 saturated carbocycles. The van der Waals surface area contributed by atoms with Crippen molar-refractivity contribution < 1.29 is 17.6 Å². The highest BCUT2D eigenvalue weighted by atomic mass is 32.2. The molecule has 1 saturated heterocycles. The van der Waals surface area contributed by atoms with E-state index in [1.807, 2.05) is 47.7 Å². The van der Waals surface area contributed by atoms with E-state index in [1.165, 1.54) is 0 Å². The van der Waals surface area contributed by atoms with Gasteiger partial charge in [-0.1, -0.05) is 19.1 Å². The standard InChI is InChI=1S/C21H28N4O4S/c1-3-11-30(26,27)21-22-12-16(25(21)14-17-7-6-10-28-17)13-24(2)15-20-23-18-8-4-5-9-19(18)29-20/h4-5,8-9,12,17H,3,6-7,10-11,13-15H2,1-2H3/t17-/m1/s1. The van der Waals surface area contributed by atoms with Crippen molar-refractivity contribution in [1.29, 1.82) is 0 Å². The van der Waals surface area contributed by atoms with Crippen LogP contribution in [0.15, 0.2) is 40.0 Å². The minimum absolute atomic E-state index is 0.0240. The molecule has 0 amide bonds. The smallest absolute Gasteiger partial charge is 0.227 e. The fraction of sp³-hybridized carbons (Fsp3) is 0.524. The van der Waals surface area contributed by atoms with E-state index in [9.17, 15) is 8.42 Å². The molecule has 0 N–H and O–H groups in total. The highest BCUT2D eigenvalue weighted by Gasteiger charge is 2.26. The summed E-state index contributed by atoms with van der Waals surface area (Å²) in [6, 6.07) is 7.67. The highest BCUT2D eigenvalue weighted by Crippen LogP contribution is 2.22. The number of para-hydroxylation sites is 2. The van der Waals surface area contributed by atoms with E-state index < -0.39 is 9.84 Å². The Kier molecular flexibility index (Phi) is 6.21. The van der Waals surface area contributed by atoms with Crippen molar-refractivity contribution in [2.24, 2.45) is 0 Å². The van der Waals surface area contributed by atoms with Crippen molar-refractivity contribution in [3.8, 4) is 0 Å². The van der Waals surface area contributed by atoms with E-state index in [2.05, 4.69) is 9.97 Å². The Morgan fingerprint density at radius 2 is 2.10 bits per heavy atom. The summed E-state index contributed by atoms with van der Waals surface area (Å²) in [5, 5.41) is 0.144. The number of rotatable bonds is 9. The van der Waals surface area contributed by atoms with Crippen molar-refractivity contribution in [3.05, 3.63) is 42.0 Å². The van der Waals surface area contributed by atoms with Gasteiger partial charge in [-0.05, 0) is 38.4 Å². The Morgan fingerprint density at radius 3 is 2.83 bits per heavy atom. The Balaban J connectivity index is 1.55. The maximum atomic E-state index is 12.8. The Labute approximate surface area is 176 Å². The average Bonchev–Trinajstić information content (AvgIpc) is 3.42. The second-order valence-electron chi connectivity index (χ2n) is 7.84. The molecule has 2 aromatic heterocycles. The normalized spacial score (nSPS) is 17.4. The molecule has 0 spiro atoms. The summed E-state index contributed by atoms with van der Waals surface area (Å²) in [5.41, 5.74) is 2.44. The van der Waals surface area contributed by atoms with Crippen LogP contribution in [0.25, 0.3) is 11.1 Å². The van der Waals surface area contributed by atoms with Gasteiger partial charge in [0.25, 0.3) is 0 Å². The van der Waals surface area contributed by atoms with Gasteiger partial charge in [-0.2, -0.15) is 0 Å². The van der Waals surface area contributed by atoms with E-state index in [4.69, 9.17) is 9.15 Å². The number of ether oxygens (including phenoxy) is 1. The minimum Gasteiger partial charge on any atom is -0.439 e. The molecule has 0 radical (unpaired) electrons. The van der Waals surface area contributed by atoms with Crippen LogP contribution < -0.4 is 0 Å². The van der Waals surface area contributed by atoms with Gasteiger partial charge in [-0.15, -0.1) is 0 Å². The fourth-order valence-corrected chi connectivity index (χ4v) is 5.33. The first-order valence-corrected chi connectivity index (χ1v) is 12.0. The van der Waals surface area contributed by atoms with Crippen LogP contribution in [-0.2, 0) is 34.2 Å². The van der Waals surface area contributed by atoms with Crippen molar-refractivity contribution in [3.63, 3.8) is 0 Å². The van der Waals surface area contributed by atoms with Crippen LogP contribution in [0, 0.1) is 0 Å². The third kappa shape index (κ3) is 4.58. The van der Waals surface area contributed by atoms with Crippen molar-refractivity contribution >= 4 is 20.9 Å². The van der Waals surface area contributed by atoms with Crippen molar-refractivity contribution in [2.45, 2.75) is 57.1 Å². The van der Waals surface area contributed by atoms with Gasteiger partial charge >= 0.3 is 0 Å². The van der Waals surface area contributed by atoms with Crippen molar-refractivity contribution in [1.82, 2.24) is 19.4 Å². The molecule has 0 aliphatic carbocycles. The summed E-state index contributed by atoms with van der Waals surface area (Å²) < 4.78 is 38.9. The van der Waals surface area contributed by atoms with E-state index >= 15 is 0 Å². The third-order valence-electron chi connectivity index (χ3n) is 5.24. The van der Waals surface area contributed by atoms with E-state index in [1.54, 1.807) is 6.20 Å². The molecule has 1 fully saturated rings. The quantitative estimate of drug-likeness (QED) is 0.513. The molecule has 4 rings (SSSR count). The van der Waals surface area contributed by atoms with Crippen LogP contribution in [0.4, 0.5) is 0 Å². The van der Waals surface area contributed by atoms with Crippen LogP contribution in [0.1, 0.15) is 37.8 Å². The first-order chi connectivity index (χ1) is 14.5. The molecular formula is C21H28N4O4S. The van der Waals surface area contributed by atoms with Crippen molar-refractivity contribution in [2.75, 3.05) is 19.4 Å². The number of aromatic nitrogens is 3. The van der Waals surface area contributed by atoms with Gasteiger partial charge < -0.3 is 13.7 Å². The molecule has 0 unspecified atom stereocenters. The summed E-state index contributed by atoms with van der Waals surface area (Å²) in [6.45, 7) is 4.13. The first kappa shape index (κ1) is 21.0. The number of nitrogens with zero attached hydrogens (tertiary/aromatic N) is 4. The Morgan fingerprint density at radius 1 is 1.27 bits per heavy atom. The van der Waals surface area contributed by atoms with Gasteiger partial charge in [0.05, 0.1) is 36.8 Å². The number of sulfone groups is 1. The largest absolute Gasteiger partial charge is 0.439 e. The molecule has 1 atom stereocenters. The summed E-state index contributed by atoms with van der Waals surface area (Å²) in [5.74, 6) is 0.719. The van der Waals surface area contributed by atoms with Gasteiger partial charge in [-0.25, -0.2) is 18.4 Å².